The van der Waals surface area contributed by atoms with Crippen molar-refractivity contribution in [2.45, 2.75) is 123 Å². The van der Waals surface area contributed by atoms with Gasteiger partial charge in [-0.25, -0.2) is 0 Å². The summed E-state index contributed by atoms with van der Waals surface area (Å²) in [5.74, 6) is 0.0994. The molecule has 0 aliphatic heterocycles. The lowest BCUT2D eigenvalue weighted by Gasteiger charge is -2.63. The first-order valence-electron chi connectivity index (χ1n) is 15.5. The molecular weight excluding hydrogens is 496 g/mol. The molecule has 0 heterocycles. The highest BCUT2D eigenvalue weighted by atomic mass is 16.5. The molecule has 0 aromatic heterocycles. The summed E-state index contributed by atoms with van der Waals surface area (Å²) in [6.45, 7) is 12.4. The van der Waals surface area contributed by atoms with Gasteiger partial charge in [-0.2, -0.15) is 0 Å². The highest BCUT2D eigenvalue weighted by molar-refractivity contribution is 5.78. The summed E-state index contributed by atoms with van der Waals surface area (Å²) in [7, 11) is 1.39. The molecule has 13 atom stereocenters. The van der Waals surface area contributed by atoms with Gasteiger partial charge in [-0.15, -0.1) is 0 Å². The third kappa shape index (κ3) is 3.49. The van der Waals surface area contributed by atoms with Gasteiger partial charge >= 0.3 is 5.97 Å². The van der Waals surface area contributed by atoms with Crippen molar-refractivity contribution >= 4 is 5.97 Å². The number of aliphatic hydroxyl groups excluding tert-OH is 4. The Kier molecular flexibility index (Phi) is 6.97. The molecule has 5 aliphatic carbocycles. The van der Waals surface area contributed by atoms with Gasteiger partial charge in [-0.3, -0.25) is 4.79 Å². The Balaban J connectivity index is 1.45. The first-order valence-corrected chi connectivity index (χ1v) is 15.5. The van der Waals surface area contributed by atoms with Crippen molar-refractivity contribution in [3.63, 3.8) is 0 Å². The molecule has 0 aromatic carbocycles. The number of methoxy groups -OCH3 is 1. The number of fused-ring (bicyclic) bond motifs is 2. The molecular formula is C32H54O7. The Hall–Kier alpha value is -0.730. The fraction of sp³-hybridized carbons (Fsp3) is 0.969. The van der Waals surface area contributed by atoms with Crippen molar-refractivity contribution in [3.8, 4) is 0 Å². The minimum absolute atomic E-state index is 0.0454. The van der Waals surface area contributed by atoms with Gasteiger partial charge in [-0.1, -0.05) is 34.6 Å². The van der Waals surface area contributed by atoms with E-state index in [1.54, 1.807) is 0 Å². The van der Waals surface area contributed by atoms with Gasteiger partial charge in [0.2, 0.25) is 0 Å². The van der Waals surface area contributed by atoms with E-state index in [1.807, 2.05) is 20.8 Å². The predicted octanol–water partition coefficient (Wildman–Crippen LogP) is 3.68. The van der Waals surface area contributed by atoms with Crippen LogP contribution in [0.3, 0.4) is 0 Å². The molecule has 0 radical (unpaired) electrons. The smallest absolute Gasteiger partial charge is 0.314 e. The lowest BCUT2D eigenvalue weighted by atomic mass is 9.41. The van der Waals surface area contributed by atoms with Crippen LogP contribution in [0.2, 0.25) is 0 Å². The fourth-order valence-electron chi connectivity index (χ4n) is 11.9. The largest absolute Gasteiger partial charge is 0.469 e. The van der Waals surface area contributed by atoms with E-state index in [9.17, 15) is 30.3 Å². The molecule has 0 aromatic rings. The molecule has 0 amide bonds. The first-order chi connectivity index (χ1) is 18.1. The second-order valence-corrected chi connectivity index (χ2v) is 15.7. The monoisotopic (exact) mass is 550 g/mol. The number of ether oxygens (including phenoxy) is 1. The SMILES string of the molecule is COC(=O)[C@]1(C)[C@@H](O)C[C@H](O)[C@]23C[C@]24CC[C@]2(C)[C@@H]([C@H](C)CCC(O)(CO)C(C)C)[C@H](O)C[C@@]2(C)[C@@H]4CC[C@@H]13. The number of aliphatic hydroxyl groups is 5. The van der Waals surface area contributed by atoms with Gasteiger partial charge in [0.15, 0.2) is 0 Å². The Bertz CT molecular complexity index is 986. The van der Waals surface area contributed by atoms with Crippen molar-refractivity contribution in [3.05, 3.63) is 0 Å². The van der Waals surface area contributed by atoms with Crippen molar-refractivity contribution in [2.24, 2.45) is 56.7 Å². The summed E-state index contributed by atoms with van der Waals surface area (Å²) in [4.78, 5) is 13.1. The molecule has 7 nitrogen and oxygen atoms in total. The highest BCUT2D eigenvalue weighted by Gasteiger charge is 2.86. The summed E-state index contributed by atoms with van der Waals surface area (Å²) in [5, 5.41) is 55.2. The number of hydrogen-bond donors (Lipinski definition) is 5. The minimum Gasteiger partial charge on any atom is -0.469 e. The summed E-state index contributed by atoms with van der Waals surface area (Å²) < 4.78 is 5.23. The van der Waals surface area contributed by atoms with E-state index in [4.69, 9.17) is 4.74 Å². The third-order valence-corrected chi connectivity index (χ3v) is 14.5. The van der Waals surface area contributed by atoms with Gasteiger partial charge < -0.3 is 30.3 Å². The topological polar surface area (TPSA) is 127 Å². The average Bonchev–Trinajstić information content (AvgIpc) is 3.52. The average molecular weight is 551 g/mol. The predicted molar refractivity (Wildman–Crippen MR) is 147 cm³/mol. The van der Waals surface area contributed by atoms with E-state index < -0.39 is 29.3 Å². The maximum atomic E-state index is 13.1. The Morgan fingerprint density at radius 3 is 2.23 bits per heavy atom. The van der Waals surface area contributed by atoms with E-state index in [0.717, 1.165) is 44.9 Å². The van der Waals surface area contributed by atoms with E-state index in [1.165, 1.54) is 7.11 Å². The van der Waals surface area contributed by atoms with Gasteiger partial charge in [0, 0.05) is 11.8 Å². The van der Waals surface area contributed by atoms with Gasteiger partial charge in [0.1, 0.15) is 0 Å². The van der Waals surface area contributed by atoms with E-state index >= 15 is 0 Å². The van der Waals surface area contributed by atoms with Crippen LogP contribution < -0.4 is 0 Å². The second kappa shape index (κ2) is 9.13. The number of hydrogen-bond acceptors (Lipinski definition) is 7. The maximum Gasteiger partial charge on any atom is 0.314 e. The van der Waals surface area contributed by atoms with Gasteiger partial charge in [-0.05, 0) is 104 Å². The van der Waals surface area contributed by atoms with E-state index in [0.29, 0.717) is 12.3 Å². The van der Waals surface area contributed by atoms with Crippen LogP contribution in [0.4, 0.5) is 0 Å². The quantitative estimate of drug-likeness (QED) is 0.306. The Morgan fingerprint density at radius 2 is 1.64 bits per heavy atom. The molecule has 1 unspecified atom stereocenters. The van der Waals surface area contributed by atoms with Crippen LogP contribution in [0.1, 0.15) is 99.3 Å². The Labute approximate surface area is 234 Å². The third-order valence-electron chi connectivity index (χ3n) is 14.5. The van der Waals surface area contributed by atoms with Crippen LogP contribution in [-0.4, -0.2) is 69.1 Å². The number of rotatable bonds is 7. The lowest BCUT2D eigenvalue weighted by Crippen LogP contribution is -2.63. The molecule has 39 heavy (non-hydrogen) atoms. The van der Waals surface area contributed by atoms with Crippen molar-refractivity contribution < 1.29 is 35.1 Å². The minimum atomic E-state index is -1.11. The highest BCUT2D eigenvalue weighted by Crippen LogP contribution is 2.89. The molecule has 2 spiro atoms. The zero-order chi connectivity index (χ0) is 29.0. The molecule has 5 aliphatic rings. The van der Waals surface area contributed by atoms with Crippen LogP contribution in [-0.2, 0) is 9.53 Å². The first kappa shape index (κ1) is 29.8. The lowest BCUT2D eigenvalue weighted by molar-refractivity contribution is -0.212. The maximum absolute atomic E-state index is 13.1. The molecule has 0 saturated heterocycles. The van der Waals surface area contributed by atoms with Crippen LogP contribution in [0, 0.1) is 56.7 Å². The molecule has 224 valence electrons. The van der Waals surface area contributed by atoms with Crippen molar-refractivity contribution in [2.75, 3.05) is 13.7 Å². The summed E-state index contributed by atoms with van der Waals surface area (Å²) in [6.07, 6.45) is 4.70. The normalized spacial score (nSPS) is 52.6. The number of carbonyl (C=O) groups excluding carboxylic acids is 1. The molecule has 5 N–H and O–H groups in total. The van der Waals surface area contributed by atoms with Crippen molar-refractivity contribution in [1.82, 2.24) is 0 Å². The molecule has 5 rings (SSSR count). The van der Waals surface area contributed by atoms with E-state index in [-0.39, 0.29) is 64.3 Å². The zero-order valence-electron chi connectivity index (χ0n) is 25.2. The summed E-state index contributed by atoms with van der Waals surface area (Å²) >= 11 is 0. The molecule has 5 fully saturated rings. The summed E-state index contributed by atoms with van der Waals surface area (Å²) in [5.41, 5.74) is -2.78. The number of esters is 1. The summed E-state index contributed by atoms with van der Waals surface area (Å²) in [6, 6.07) is 0. The molecule has 7 heteroatoms. The van der Waals surface area contributed by atoms with Gasteiger partial charge in [0.05, 0.1) is 43.0 Å². The van der Waals surface area contributed by atoms with Gasteiger partial charge in [0.25, 0.3) is 0 Å². The fourth-order valence-corrected chi connectivity index (χ4v) is 11.9. The zero-order valence-corrected chi connectivity index (χ0v) is 25.2. The second-order valence-electron chi connectivity index (χ2n) is 15.7. The standard InChI is InChI=1S/C32H54O7/c1-18(2)31(38,17-33)11-10-19(3)25-20(34)15-28(5)21-8-9-22-29(6,26(37)39-7)23(35)14-24(36)32(22)16-30(21,32)13-12-27(25,28)4/h18-25,33-36,38H,8-17H2,1-7H3/t19-,20-,21+,22+,23+,24+,25+,27-,28+,29+,30+,31?,32-/m1/s1. The Morgan fingerprint density at radius 1 is 1.00 bits per heavy atom. The van der Waals surface area contributed by atoms with Crippen molar-refractivity contribution in [1.29, 1.82) is 0 Å². The van der Waals surface area contributed by atoms with Crippen LogP contribution in [0.15, 0.2) is 0 Å². The van der Waals surface area contributed by atoms with Crippen LogP contribution in [0.5, 0.6) is 0 Å². The number of carbonyl (C=O) groups is 1. The molecule has 0 bridgehead atoms. The molecule has 5 saturated carbocycles. The van der Waals surface area contributed by atoms with Crippen LogP contribution >= 0.6 is 0 Å². The van der Waals surface area contributed by atoms with E-state index in [2.05, 4.69) is 20.8 Å². The van der Waals surface area contributed by atoms with Crippen LogP contribution in [0.25, 0.3) is 0 Å².